The highest BCUT2D eigenvalue weighted by Crippen LogP contribution is 2.14. The lowest BCUT2D eigenvalue weighted by Crippen LogP contribution is -2.49. The minimum absolute atomic E-state index is 0. The van der Waals surface area contributed by atoms with Crippen molar-refractivity contribution in [1.29, 1.82) is 0 Å². The summed E-state index contributed by atoms with van der Waals surface area (Å²) in [6.07, 6.45) is 3.29. The molecule has 0 aliphatic carbocycles. The third-order valence-corrected chi connectivity index (χ3v) is 9.28. The van der Waals surface area contributed by atoms with Crippen LogP contribution in [-0.2, 0) is 48.4 Å². The monoisotopic (exact) mass is 766 g/mol. The first-order chi connectivity index (χ1) is 25.5. The molecule has 0 bridgehead atoms. The van der Waals surface area contributed by atoms with E-state index in [-0.39, 0.29) is 38.9 Å². The van der Waals surface area contributed by atoms with Crippen molar-refractivity contribution < 1.29 is 33.7 Å². The standard InChI is InChI=1S/2C15H22N2O2.C11H15NO3.2CH4/c2*1-12(19-11-13-7-3-2-4-8-13)14(16)15(18)17-9-5-6-10-17;1-8(10(12)11(13)14)15-7-9-5-3-2-4-6-9;;/h2*2-4,7-8,12,14H,5-6,9-11,16H2,1H3;2-6,8,10H,7,12H2,1H3,(H,13,14);2*1H4/t2*12-,14+;8-,10+;;/m111../s1. The molecular weight excluding hydrogens is 699 g/mol. The quantitative estimate of drug-likeness (QED) is 0.157. The Morgan fingerprint density at radius 1 is 0.527 bits per heavy atom. The van der Waals surface area contributed by atoms with Gasteiger partial charge in [-0.15, -0.1) is 0 Å². The molecule has 3 aromatic rings. The predicted octanol–water partition coefficient (Wildman–Crippen LogP) is 5.36. The molecule has 0 spiro atoms. The maximum Gasteiger partial charge on any atom is 0.323 e. The first kappa shape index (κ1) is 48.8. The molecule has 306 valence electrons. The number of hydrogen-bond donors (Lipinski definition) is 4. The Morgan fingerprint density at radius 2 is 0.782 bits per heavy atom. The number of nitrogens with two attached hydrogens (primary N) is 3. The van der Waals surface area contributed by atoms with E-state index in [2.05, 4.69) is 0 Å². The molecule has 2 aliphatic rings. The summed E-state index contributed by atoms with van der Waals surface area (Å²) in [7, 11) is 0. The number of aliphatic carboxylic acids is 1. The second-order valence-corrected chi connectivity index (χ2v) is 13.5. The summed E-state index contributed by atoms with van der Waals surface area (Å²) in [5, 5.41) is 8.64. The van der Waals surface area contributed by atoms with Crippen LogP contribution in [0.4, 0.5) is 0 Å². The Morgan fingerprint density at radius 3 is 1.04 bits per heavy atom. The number of carbonyl (C=O) groups excluding carboxylic acids is 2. The van der Waals surface area contributed by atoms with Gasteiger partial charge >= 0.3 is 5.97 Å². The van der Waals surface area contributed by atoms with Gasteiger partial charge in [0.05, 0.1) is 38.1 Å². The van der Waals surface area contributed by atoms with Crippen LogP contribution >= 0.6 is 0 Å². The van der Waals surface area contributed by atoms with Crippen molar-refractivity contribution in [2.45, 2.75) is 118 Å². The van der Waals surface area contributed by atoms with E-state index in [1.54, 1.807) is 6.92 Å². The van der Waals surface area contributed by atoms with Crippen molar-refractivity contribution >= 4 is 17.8 Å². The Labute approximate surface area is 329 Å². The highest BCUT2D eigenvalue weighted by molar-refractivity contribution is 5.83. The van der Waals surface area contributed by atoms with Gasteiger partial charge in [0.25, 0.3) is 0 Å². The number of carboxylic acid groups (broad SMARTS) is 1. The van der Waals surface area contributed by atoms with Crippen LogP contribution in [0.15, 0.2) is 91.0 Å². The van der Waals surface area contributed by atoms with E-state index in [1.807, 2.05) is 115 Å². The van der Waals surface area contributed by atoms with E-state index in [0.29, 0.717) is 19.8 Å². The third kappa shape index (κ3) is 17.4. The average Bonchev–Trinajstić information content (AvgIpc) is 3.94. The van der Waals surface area contributed by atoms with Crippen LogP contribution in [0.2, 0.25) is 0 Å². The van der Waals surface area contributed by atoms with E-state index in [0.717, 1.165) is 68.6 Å². The zero-order chi connectivity index (χ0) is 38.6. The molecular formula is C43H67N5O7. The van der Waals surface area contributed by atoms with Gasteiger partial charge in [-0.25, -0.2) is 0 Å². The number of amides is 2. The molecule has 6 atom stereocenters. The molecule has 2 saturated heterocycles. The van der Waals surface area contributed by atoms with Crippen LogP contribution in [0.3, 0.4) is 0 Å². The minimum Gasteiger partial charge on any atom is -0.480 e. The van der Waals surface area contributed by atoms with Gasteiger partial charge in [-0.2, -0.15) is 0 Å². The lowest BCUT2D eigenvalue weighted by molar-refractivity contribution is -0.142. The second-order valence-electron chi connectivity index (χ2n) is 13.5. The first-order valence-corrected chi connectivity index (χ1v) is 18.5. The highest BCUT2D eigenvalue weighted by atomic mass is 16.5. The number of ether oxygens (including phenoxy) is 3. The van der Waals surface area contributed by atoms with Gasteiger partial charge in [-0.05, 0) is 63.1 Å². The van der Waals surface area contributed by atoms with Crippen LogP contribution in [0.1, 0.15) is 78.0 Å². The number of hydrogen-bond acceptors (Lipinski definition) is 9. The lowest BCUT2D eigenvalue weighted by atomic mass is 10.1. The van der Waals surface area contributed by atoms with Gasteiger partial charge in [0.2, 0.25) is 11.8 Å². The second kappa shape index (κ2) is 26.6. The third-order valence-electron chi connectivity index (χ3n) is 9.28. The minimum atomic E-state index is -1.05. The number of benzene rings is 3. The molecule has 3 aromatic carbocycles. The molecule has 12 heteroatoms. The van der Waals surface area contributed by atoms with Crippen molar-refractivity contribution in [1.82, 2.24) is 9.80 Å². The molecule has 5 rings (SSSR count). The average molecular weight is 766 g/mol. The Kier molecular flexibility index (Phi) is 23.6. The summed E-state index contributed by atoms with van der Waals surface area (Å²) in [5.74, 6) is -1.02. The Hall–Kier alpha value is -4.17. The zero-order valence-electron chi connectivity index (χ0n) is 31.4. The first-order valence-electron chi connectivity index (χ1n) is 18.5. The maximum atomic E-state index is 12.1. The van der Waals surface area contributed by atoms with E-state index < -0.39 is 30.2 Å². The largest absolute Gasteiger partial charge is 0.480 e. The normalized spacial score (nSPS) is 16.6. The lowest BCUT2D eigenvalue weighted by Gasteiger charge is -2.24. The van der Waals surface area contributed by atoms with Crippen molar-refractivity contribution in [3.8, 4) is 0 Å². The van der Waals surface area contributed by atoms with Gasteiger partial charge in [0.1, 0.15) is 18.1 Å². The number of nitrogens with zero attached hydrogens (tertiary/aromatic N) is 2. The fraction of sp³-hybridized carbons (Fsp3) is 0.512. The number of rotatable bonds is 15. The van der Waals surface area contributed by atoms with Gasteiger partial charge in [-0.3, -0.25) is 14.4 Å². The van der Waals surface area contributed by atoms with E-state index in [9.17, 15) is 14.4 Å². The number of carboxylic acids is 1. The molecule has 0 saturated carbocycles. The fourth-order valence-electron chi connectivity index (χ4n) is 5.62. The molecule has 0 unspecified atom stereocenters. The number of likely N-dealkylation sites (tertiary alicyclic amines) is 2. The van der Waals surface area contributed by atoms with E-state index in [1.165, 1.54) is 0 Å². The molecule has 12 nitrogen and oxygen atoms in total. The maximum absolute atomic E-state index is 12.1. The molecule has 2 amide bonds. The molecule has 2 fully saturated rings. The Bertz CT molecular complexity index is 1390. The van der Waals surface area contributed by atoms with Crippen molar-refractivity contribution in [2.75, 3.05) is 26.2 Å². The molecule has 2 aliphatic heterocycles. The van der Waals surface area contributed by atoms with E-state index in [4.69, 9.17) is 36.5 Å². The van der Waals surface area contributed by atoms with E-state index >= 15 is 0 Å². The summed E-state index contributed by atoms with van der Waals surface area (Å²) >= 11 is 0. The van der Waals surface area contributed by atoms with Crippen molar-refractivity contribution in [3.05, 3.63) is 108 Å². The van der Waals surface area contributed by atoms with Crippen LogP contribution in [0, 0.1) is 0 Å². The zero-order valence-corrected chi connectivity index (χ0v) is 31.4. The summed E-state index contributed by atoms with van der Waals surface area (Å²) in [6, 6.07) is 27.3. The summed E-state index contributed by atoms with van der Waals surface area (Å²) in [5.41, 5.74) is 20.6. The topological polar surface area (TPSA) is 184 Å². The molecule has 0 aromatic heterocycles. The van der Waals surface area contributed by atoms with Gasteiger partial charge in [-0.1, -0.05) is 106 Å². The van der Waals surface area contributed by atoms with Gasteiger partial charge < -0.3 is 46.3 Å². The smallest absolute Gasteiger partial charge is 0.323 e. The summed E-state index contributed by atoms with van der Waals surface area (Å²) in [6.45, 7) is 10.1. The van der Waals surface area contributed by atoms with Crippen molar-refractivity contribution in [2.24, 2.45) is 17.2 Å². The van der Waals surface area contributed by atoms with Crippen molar-refractivity contribution in [3.63, 3.8) is 0 Å². The molecule has 55 heavy (non-hydrogen) atoms. The fourth-order valence-corrected chi connectivity index (χ4v) is 5.62. The molecule has 0 radical (unpaired) electrons. The van der Waals surface area contributed by atoms with Gasteiger partial charge in [0, 0.05) is 26.2 Å². The molecule has 2 heterocycles. The van der Waals surface area contributed by atoms with Crippen LogP contribution in [0.5, 0.6) is 0 Å². The van der Waals surface area contributed by atoms with Crippen LogP contribution in [-0.4, -0.2) is 95.3 Å². The number of carbonyl (C=O) groups is 3. The predicted molar refractivity (Wildman–Crippen MR) is 219 cm³/mol. The summed E-state index contributed by atoms with van der Waals surface area (Å²) in [4.78, 5) is 38.5. The van der Waals surface area contributed by atoms with Crippen LogP contribution in [0.25, 0.3) is 0 Å². The van der Waals surface area contributed by atoms with Crippen LogP contribution < -0.4 is 17.2 Å². The summed E-state index contributed by atoms with van der Waals surface area (Å²) < 4.78 is 16.7. The SMILES string of the molecule is C.C.C[C@@H](OCc1ccccc1)[C@H](N)C(=O)N1CCCC1.C[C@@H](OCc1ccccc1)[C@H](N)C(=O)N1CCCC1.C[C@@H](OCc1ccccc1)[C@H](N)C(=O)O. The Balaban J connectivity index is 0.000000409. The molecule has 7 N–H and O–H groups in total. The van der Waals surface area contributed by atoms with Gasteiger partial charge in [0.15, 0.2) is 0 Å². The highest BCUT2D eigenvalue weighted by Gasteiger charge is 2.29.